The summed E-state index contributed by atoms with van der Waals surface area (Å²) in [4.78, 5) is 2.67. The van der Waals surface area contributed by atoms with Gasteiger partial charge in [0.1, 0.15) is 0 Å². The monoisotopic (exact) mass is 393 g/mol. The highest BCUT2D eigenvalue weighted by atomic mass is 15.2. The van der Waals surface area contributed by atoms with Crippen LogP contribution in [0.15, 0.2) is 60.7 Å². The highest BCUT2D eigenvalue weighted by molar-refractivity contribution is 5.17. The van der Waals surface area contributed by atoms with Crippen LogP contribution in [0.5, 0.6) is 0 Å². The molecule has 0 aliphatic heterocycles. The van der Waals surface area contributed by atoms with E-state index in [2.05, 4.69) is 86.3 Å². The first-order valence-electron chi connectivity index (χ1n) is 11.9. The van der Waals surface area contributed by atoms with Gasteiger partial charge in [0.25, 0.3) is 0 Å². The van der Waals surface area contributed by atoms with Crippen molar-refractivity contribution < 1.29 is 0 Å². The minimum Gasteiger partial charge on any atom is -0.290 e. The van der Waals surface area contributed by atoms with Crippen LogP contribution in [0.3, 0.4) is 0 Å². The number of unbranched alkanes of at least 4 members (excludes halogenated alkanes) is 8. The maximum Gasteiger partial charge on any atom is 0.0242 e. The molecular formula is C28H43N. The lowest BCUT2D eigenvalue weighted by atomic mass is 9.92. The molecule has 2 aromatic carbocycles. The third kappa shape index (κ3) is 9.63. The second-order valence-electron chi connectivity index (χ2n) is 9.22. The van der Waals surface area contributed by atoms with E-state index in [1.54, 1.807) is 0 Å². The van der Waals surface area contributed by atoms with E-state index < -0.39 is 0 Å². The molecule has 160 valence electrons. The van der Waals surface area contributed by atoms with Crippen molar-refractivity contribution in [2.75, 3.05) is 0 Å². The number of hydrogen-bond donors (Lipinski definition) is 0. The fraction of sp³-hybridized carbons (Fsp3) is 0.571. The average Bonchev–Trinajstić information content (AvgIpc) is 2.73. The van der Waals surface area contributed by atoms with Gasteiger partial charge in [0.2, 0.25) is 0 Å². The lowest BCUT2D eigenvalue weighted by Crippen LogP contribution is -2.42. The van der Waals surface area contributed by atoms with Gasteiger partial charge < -0.3 is 0 Å². The standard InChI is InChI=1S/C28H43N/c1-4-5-6-7-8-9-10-11-18-23-28(2,3)29(24-26-19-14-12-15-20-26)25-27-21-16-13-17-22-27/h12-17,19-22H,4-11,18,23-25H2,1-3H3. The number of rotatable bonds is 15. The molecule has 0 heterocycles. The summed E-state index contributed by atoms with van der Waals surface area (Å²) in [5.41, 5.74) is 3.01. The molecule has 0 aliphatic carbocycles. The number of hydrogen-bond acceptors (Lipinski definition) is 1. The maximum atomic E-state index is 2.67. The van der Waals surface area contributed by atoms with Gasteiger partial charge in [-0.05, 0) is 31.4 Å². The summed E-state index contributed by atoms with van der Waals surface area (Å²) in [5.74, 6) is 0. The quantitative estimate of drug-likeness (QED) is 0.275. The average molecular weight is 394 g/mol. The Morgan fingerprint density at radius 2 is 1.00 bits per heavy atom. The van der Waals surface area contributed by atoms with Crippen LogP contribution in [-0.4, -0.2) is 10.4 Å². The molecule has 0 N–H and O–H groups in total. The van der Waals surface area contributed by atoms with Crippen molar-refractivity contribution in [3.63, 3.8) is 0 Å². The lowest BCUT2D eigenvalue weighted by molar-refractivity contribution is 0.0906. The normalized spacial score (nSPS) is 11.9. The summed E-state index contributed by atoms with van der Waals surface area (Å²) < 4.78 is 0. The summed E-state index contributed by atoms with van der Waals surface area (Å²) in [6.45, 7) is 9.19. The van der Waals surface area contributed by atoms with Crippen molar-refractivity contribution >= 4 is 0 Å². The maximum absolute atomic E-state index is 2.67. The van der Waals surface area contributed by atoms with Gasteiger partial charge in [-0.3, -0.25) is 4.90 Å². The number of benzene rings is 2. The molecule has 0 bridgehead atoms. The SMILES string of the molecule is CCCCCCCCCCCC(C)(C)N(Cc1ccccc1)Cc1ccccc1. The molecule has 0 spiro atoms. The van der Waals surface area contributed by atoms with Crippen LogP contribution in [0.4, 0.5) is 0 Å². The van der Waals surface area contributed by atoms with Crippen molar-refractivity contribution in [2.45, 2.75) is 104 Å². The van der Waals surface area contributed by atoms with Crippen LogP contribution in [0.1, 0.15) is 96.1 Å². The Morgan fingerprint density at radius 3 is 1.45 bits per heavy atom. The molecule has 0 saturated carbocycles. The molecule has 0 unspecified atom stereocenters. The molecule has 1 nitrogen and oxygen atoms in total. The first-order chi connectivity index (χ1) is 14.1. The predicted octanol–water partition coefficient (Wildman–Crippen LogP) is 8.39. The largest absolute Gasteiger partial charge is 0.290 e. The van der Waals surface area contributed by atoms with E-state index in [9.17, 15) is 0 Å². The minimum absolute atomic E-state index is 0.201. The van der Waals surface area contributed by atoms with Crippen LogP contribution >= 0.6 is 0 Å². The van der Waals surface area contributed by atoms with Gasteiger partial charge in [0.15, 0.2) is 0 Å². The van der Waals surface area contributed by atoms with Gasteiger partial charge in [-0.25, -0.2) is 0 Å². The molecule has 0 atom stereocenters. The van der Waals surface area contributed by atoms with E-state index in [1.807, 2.05) is 0 Å². The van der Waals surface area contributed by atoms with Gasteiger partial charge in [-0.1, -0.05) is 125 Å². The predicted molar refractivity (Wildman–Crippen MR) is 128 cm³/mol. The smallest absolute Gasteiger partial charge is 0.0242 e. The zero-order chi connectivity index (χ0) is 20.8. The summed E-state index contributed by atoms with van der Waals surface area (Å²) in [6.07, 6.45) is 13.8. The van der Waals surface area contributed by atoms with Crippen molar-refractivity contribution in [1.82, 2.24) is 4.90 Å². The van der Waals surface area contributed by atoms with Crippen molar-refractivity contribution in [1.29, 1.82) is 0 Å². The Bertz CT molecular complexity index is 590. The first-order valence-corrected chi connectivity index (χ1v) is 11.9. The molecule has 29 heavy (non-hydrogen) atoms. The molecule has 2 rings (SSSR count). The fourth-order valence-electron chi connectivity index (χ4n) is 4.12. The van der Waals surface area contributed by atoms with Gasteiger partial charge in [0.05, 0.1) is 0 Å². The Balaban J connectivity index is 1.83. The van der Waals surface area contributed by atoms with Crippen LogP contribution in [0, 0.1) is 0 Å². The Kier molecular flexibility index (Phi) is 11.1. The zero-order valence-electron chi connectivity index (χ0n) is 19.2. The third-order valence-electron chi connectivity index (χ3n) is 6.18. The second kappa shape index (κ2) is 13.6. The van der Waals surface area contributed by atoms with E-state index in [-0.39, 0.29) is 5.54 Å². The summed E-state index contributed by atoms with van der Waals surface area (Å²) >= 11 is 0. The molecule has 1 heteroatoms. The second-order valence-corrected chi connectivity index (χ2v) is 9.22. The van der Waals surface area contributed by atoms with E-state index >= 15 is 0 Å². The summed E-state index contributed by atoms with van der Waals surface area (Å²) in [7, 11) is 0. The highest BCUT2D eigenvalue weighted by Gasteiger charge is 2.26. The van der Waals surface area contributed by atoms with Gasteiger partial charge in [-0.15, -0.1) is 0 Å². The van der Waals surface area contributed by atoms with Crippen molar-refractivity contribution in [3.05, 3.63) is 71.8 Å². The van der Waals surface area contributed by atoms with E-state index in [0.29, 0.717) is 0 Å². The van der Waals surface area contributed by atoms with Gasteiger partial charge >= 0.3 is 0 Å². The van der Waals surface area contributed by atoms with Crippen LogP contribution in [0.2, 0.25) is 0 Å². The Morgan fingerprint density at radius 1 is 0.586 bits per heavy atom. The van der Waals surface area contributed by atoms with Crippen LogP contribution in [-0.2, 0) is 13.1 Å². The molecule has 0 saturated heterocycles. The summed E-state index contributed by atoms with van der Waals surface area (Å²) in [6, 6.07) is 21.9. The van der Waals surface area contributed by atoms with Crippen LogP contribution < -0.4 is 0 Å². The number of nitrogens with zero attached hydrogens (tertiary/aromatic N) is 1. The molecule has 0 radical (unpaired) electrons. The van der Waals surface area contributed by atoms with E-state index in [0.717, 1.165) is 13.1 Å². The summed E-state index contributed by atoms with van der Waals surface area (Å²) in [5, 5.41) is 0. The molecule has 0 aliphatic rings. The first kappa shape index (κ1) is 23.7. The van der Waals surface area contributed by atoms with Crippen molar-refractivity contribution in [3.8, 4) is 0 Å². The minimum atomic E-state index is 0.201. The molecule has 0 fully saturated rings. The molecular weight excluding hydrogens is 350 g/mol. The van der Waals surface area contributed by atoms with E-state index in [4.69, 9.17) is 0 Å². The third-order valence-corrected chi connectivity index (χ3v) is 6.18. The Labute approximate surface area is 180 Å². The lowest BCUT2D eigenvalue weighted by Gasteiger charge is -2.39. The van der Waals surface area contributed by atoms with Gasteiger partial charge in [-0.2, -0.15) is 0 Å². The van der Waals surface area contributed by atoms with Crippen LogP contribution in [0.25, 0.3) is 0 Å². The highest BCUT2D eigenvalue weighted by Crippen LogP contribution is 2.27. The Hall–Kier alpha value is -1.60. The fourth-order valence-corrected chi connectivity index (χ4v) is 4.12. The molecule has 0 aromatic heterocycles. The topological polar surface area (TPSA) is 3.24 Å². The van der Waals surface area contributed by atoms with Gasteiger partial charge in [0, 0.05) is 18.6 Å². The molecule has 2 aromatic rings. The zero-order valence-corrected chi connectivity index (χ0v) is 19.2. The molecule has 0 amide bonds. The van der Waals surface area contributed by atoms with Crippen molar-refractivity contribution in [2.24, 2.45) is 0 Å². The van der Waals surface area contributed by atoms with E-state index in [1.165, 1.54) is 75.3 Å².